The van der Waals surface area contributed by atoms with Crippen molar-refractivity contribution < 1.29 is 27.9 Å². The molecule has 180 valence electrons. The first-order valence-electron chi connectivity index (χ1n) is 10.0. The number of pyridine rings is 2. The van der Waals surface area contributed by atoms with Gasteiger partial charge in [0.15, 0.2) is 11.6 Å². The van der Waals surface area contributed by atoms with E-state index < -0.39 is 27.0 Å². The van der Waals surface area contributed by atoms with Crippen LogP contribution >= 0.6 is 0 Å². The molecule has 2 aromatic rings. The van der Waals surface area contributed by atoms with Gasteiger partial charge in [-0.15, -0.1) is 0 Å². The zero-order valence-corrected chi connectivity index (χ0v) is 19.0. The van der Waals surface area contributed by atoms with Crippen molar-refractivity contribution in [2.24, 2.45) is 16.8 Å². The number of hydrogen-bond donors (Lipinski definition) is 3. The number of halogens is 1. The van der Waals surface area contributed by atoms with Crippen LogP contribution in [0.1, 0.15) is 29.2 Å². The van der Waals surface area contributed by atoms with Crippen LogP contribution in [0.15, 0.2) is 22.2 Å². The van der Waals surface area contributed by atoms with Crippen molar-refractivity contribution in [1.29, 1.82) is 0 Å². The SMILES string of the molecule is C=S(C)(=O)O.CO/N=C1\CN(c2nc3c(cc2F)c(=O)c(C(=O)O)cn3C2CC2)CC1CN. The first kappa shape index (κ1) is 24.6. The van der Waals surface area contributed by atoms with Crippen LogP contribution in [0.4, 0.5) is 10.2 Å². The van der Waals surface area contributed by atoms with Crippen molar-refractivity contribution in [3.8, 4) is 0 Å². The molecule has 1 aliphatic heterocycles. The van der Waals surface area contributed by atoms with Crippen LogP contribution in [0.25, 0.3) is 11.0 Å². The van der Waals surface area contributed by atoms with E-state index in [-0.39, 0.29) is 34.4 Å². The molecule has 0 aromatic carbocycles. The van der Waals surface area contributed by atoms with Gasteiger partial charge in [0.1, 0.15) is 18.3 Å². The summed E-state index contributed by atoms with van der Waals surface area (Å²) < 4.78 is 34.1. The van der Waals surface area contributed by atoms with Gasteiger partial charge < -0.3 is 29.7 Å². The third-order valence-corrected chi connectivity index (χ3v) is 5.17. The minimum atomic E-state index is -2.67. The molecule has 1 aliphatic carbocycles. The lowest BCUT2D eigenvalue weighted by Crippen LogP contribution is -2.26. The van der Waals surface area contributed by atoms with Gasteiger partial charge >= 0.3 is 5.97 Å². The van der Waals surface area contributed by atoms with Crippen molar-refractivity contribution in [2.75, 3.05) is 37.9 Å². The fourth-order valence-electron chi connectivity index (χ4n) is 3.60. The molecule has 0 amide bonds. The number of nitrogens with zero attached hydrogens (tertiary/aromatic N) is 4. The van der Waals surface area contributed by atoms with Gasteiger partial charge in [0, 0.05) is 37.5 Å². The molecule has 11 nitrogen and oxygen atoms in total. The number of carboxylic acid groups (broad SMARTS) is 1. The number of nitrogens with two attached hydrogens (primary N) is 1. The van der Waals surface area contributed by atoms with Crippen LogP contribution in [0.3, 0.4) is 0 Å². The Balaban J connectivity index is 0.000000555. The number of aromatic carboxylic acids is 1. The van der Waals surface area contributed by atoms with E-state index in [2.05, 4.69) is 16.0 Å². The summed E-state index contributed by atoms with van der Waals surface area (Å²) in [5, 5.41) is 13.2. The Morgan fingerprint density at radius 2 is 2.12 bits per heavy atom. The van der Waals surface area contributed by atoms with Crippen LogP contribution in [0.2, 0.25) is 0 Å². The van der Waals surface area contributed by atoms with E-state index in [4.69, 9.17) is 15.1 Å². The fourth-order valence-corrected chi connectivity index (χ4v) is 3.60. The van der Waals surface area contributed by atoms with Gasteiger partial charge in [0.2, 0.25) is 5.43 Å². The molecule has 0 spiro atoms. The van der Waals surface area contributed by atoms with Gasteiger partial charge in [-0.05, 0) is 24.8 Å². The quantitative estimate of drug-likeness (QED) is 0.412. The van der Waals surface area contributed by atoms with Crippen molar-refractivity contribution >= 4 is 44.2 Å². The van der Waals surface area contributed by atoms with Crippen LogP contribution < -0.4 is 16.1 Å². The molecule has 2 fully saturated rings. The summed E-state index contributed by atoms with van der Waals surface area (Å²) in [6, 6.07) is 1.14. The van der Waals surface area contributed by atoms with Crippen LogP contribution in [0, 0.1) is 11.7 Å². The lowest BCUT2D eigenvalue weighted by Gasteiger charge is -2.19. The van der Waals surface area contributed by atoms with Gasteiger partial charge in [0.25, 0.3) is 0 Å². The molecule has 0 radical (unpaired) electrons. The Kier molecular flexibility index (Phi) is 7.05. The monoisotopic (exact) mass is 483 g/mol. The molecule has 2 unspecified atom stereocenters. The van der Waals surface area contributed by atoms with E-state index in [0.29, 0.717) is 25.3 Å². The number of carbonyl (C=O) groups is 1. The van der Waals surface area contributed by atoms with Crippen LogP contribution in [0.5, 0.6) is 0 Å². The average Bonchev–Trinajstić information content (AvgIpc) is 3.47. The molecule has 3 heterocycles. The predicted molar refractivity (Wildman–Crippen MR) is 124 cm³/mol. The summed E-state index contributed by atoms with van der Waals surface area (Å²) in [7, 11) is -1.23. The average molecular weight is 484 g/mol. The molecule has 1 saturated carbocycles. The first-order chi connectivity index (χ1) is 15.4. The van der Waals surface area contributed by atoms with Crippen molar-refractivity contribution in [3.63, 3.8) is 0 Å². The maximum Gasteiger partial charge on any atom is 0.341 e. The minimum Gasteiger partial charge on any atom is -0.477 e. The number of rotatable bonds is 5. The lowest BCUT2D eigenvalue weighted by molar-refractivity contribution is 0.0694. The largest absolute Gasteiger partial charge is 0.477 e. The highest BCUT2D eigenvalue weighted by molar-refractivity contribution is 7.94. The minimum absolute atomic E-state index is 0.0339. The van der Waals surface area contributed by atoms with E-state index in [1.165, 1.54) is 13.3 Å². The van der Waals surface area contributed by atoms with Crippen molar-refractivity contribution in [3.05, 3.63) is 33.9 Å². The smallest absolute Gasteiger partial charge is 0.341 e. The Morgan fingerprint density at radius 3 is 2.64 bits per heavy atom. The molecule has 4 N–H and O–H groups in total. The van der Waals surface area contributed by atoms with Gasteiger partial charge in [0.05, 0.1) is 27.4 Å². The van der Waals surface area contributed by atoms with Gasteiger partial charge in [-0.2, -0.15) is 0 Å². The lowest BCUT2D eigenvalue weighted by atomic mass is 10.1. The van der Waals surface area contributed by atoms with E-state index >= 15 is 0 Å². The number of carboxylic acids is 1. The topological polar surface area (TPSA) is 160 Å². The number of fused-ring (bicyclic) bond motifs is 1. The highest BCUT2D eigenvalue weighted by Gasteiger charge is 2.33. The van der Waals surface area contributed by atoms with Gasteiger partial charge in [-0.1, -0.05) is 5.16 Å². The summed E-state index contributed by atoms with van der Waals surface area (Å²) in [5.41, 5.74) is 5.65. The number of anilines is 1. The molecular formula is C20H26FN5O6S. The molecule has 2 aliphatic rings. The summed E-state index contributed by atoms with van der Waals surface area (Å²) in [6.07, 6.45) is 4.18. The Labute approximate surface area is 189 Å². The van der Waals surface area contributed by atoms with E-state index in [0.717, 1.165) is 25.2 Å². The molecule has 1 saturated heterocycles. The van der Waals surface area contributed by atoms with Crippen LogP contribution in [-0.2, 0) is 14.6 Å². The molecule has 2 aromatic heterocycles. The second kappa shape index (κ2) is 9.45. The molecule has 4 rings (SSSR count). The predicted octanol–water partition coefficient (Wildman–Crippen LogP) is 0.772. The first-order valence-corrected chi connectivity index (χ1v) is 12.1. The maximum absolute atomic E-state index is 14.9. The molecular weight excluding hydrogens is 457 g/mol. The third-order valence-electron chi connectivity index (χ3n) is 5.17. The van der Waals surface area contributed by atoms with Gasteiger partial charge in [-0.25, -0.2) is 18.4 Å². The molecule has 33 heavy (non-hydrogen) atoms. The van der Waals surface area contributed by atoms with E-state index in [1.54, 1.807) is 9.47 Å². The molecule has 13 heteroatoms. The van der Waals surface area contributed by atoms with Crippen molar-refractivity contribution in [2.45, 2.75) is 18.9 Å². The zero-order chi connectivity index (χ0) is 24.5. The second-order valence-corrected chi connectivity index (χ2v) is 9.94. The van der Waals surface area contributed by atoms with E-state index in [1.807, 2.05) is 0 Å². The zero-order valence-electron chi connectivity index (χ0n) is 18.2. The number of hydrogen-bond acceptors (Lipinski definition) is 8. The number of aromatic nitrogens is 2. The van der Waals surface area contributed by atoms with Gasteiger partial charge in [-0.3, -0.25) is 4.79 Å². The maximum atomic E-state index is 14.9. The normalized spacial score (nSPS) is 20.9. The summed E-state index contributed by atoms with van der Waals surface area (Å²) in [4.78, 5) is 34.9. The summed E-state index contributed by atoms with van der Waals surface area (Å²) in [6.45, 7) is 1.07. The molecule has 0 bridgehead atoms. The highest BCUT2D eigenvalue weighted by atomic mass is 32.2. The number of oxime groups is 1. The molecule has 2 atom stereocenters. The van der Waals surface area contributed by atoms with Crippen molar-refractivity contribution in [1.82, 2.24) is 9.55 Å². The van der Waals surface area contributed by atoms with E-state index in [9.17, 15) is 23.3 Å². The Hall–Kier alpha value is -3.03. The highest BCUT2D eigenvalue weighted by Crippen LogP contribution is 2.37. The fraction of sp³-hybridized carbons (Fsp3) is 0.450. The Bertz CT molecular complexity index is 1260. The standard InChI is InChI=1S/C18H20FN5O4.C2H6O2S/c1-28-22-14-8-23(6-9(14)5-20)17-13(19)4-11-15(25)12(18(26)27)7-24(10-2-3-10)16(11)21-17;1-5(2,3)4/h4,7,9-10H,2-3,5-6,8,20H2,1H3,(H,26,27);1H2,2H3,(H,3,4)/b22-14+;. The second-order valence-electron chi connectivity index (χ2n) is 8.02. The third kappa shape index (κ3) is 5.67. The summed E-state index contributed by atoms with van der Waals surface area (Å²) >= 11 is 0. The summed E-state index contributed by atoms with van der Waals surface area (Å²) in [5.74, 6) is 0.828. The van der Waals surface area contributed by atoms with Crippen LogP contribution in [-0.4, -0.2) is 74.0 Å². The Morgan fingerprint density at radius 1 is 1.48 bits per heavy atom.